The van der Waals surface area contributed by atoms with Crippen molar-refractivity contribution in [1.82, 2.24) is 15.1 Å². The van der Waals surface area contributed by atoms with Crippen molar-refractivity contribution in [1.29, 1.82) is 0 Å². The van der Waals surface area contributed by atoms with Crippen LogP contribution in [0.25, 0.3) is 0 Å². The molecule has 0 spiro atoms. The Labute approximate surface area is 128 Å². The largest absolute Gasteiger partial charge is 0.351 e. The summed E-state index contributed by atoms with van der Waals surface area (Å²) >= 11 is 0. The van der Waals surface area contributed by atoms with Crippen LogP contribution in [0.1, 0.15) is 46.5 Å². The van der Waals surface area contributed by atoms with Gasteiger partial charge in [0.05, 0.1) is 12.5 Å². The molecule has 2 saturated heterocycles. The maximum Gasteiger partial charge on any atom is 0.236 e. The molecule has 0 saturated carbocycles. The average molecular weight is 295 g/mol. The van der Waals surface area contributed by atoms with E-state index in [1.807, 2.05) is 25.7 Å². The lowest BCUT2D eigenvalue weighted by Gasteiger charge is -2.34. The Balaban J connectivity index is 1.82. The van der Waals surface area contributed by atoms with E-state index < -0.39 is 0 Å². The molecule has 2 rings (SSSR count). The Kier molecular flexibility index (Phi) is 5.25. The molecular weight excluding hydrogens is 266 g/mol. The molecule has 0 aromatic heterocycles. The average Bonchev–Trinajstić information content (AvgIpc) is 2.91. The second-order valence-electron chi connectivity index (χ2n) is 7.40. The van der Waals surface area contributed by atoms with E-state index in [0.29, 0.717) is 13.1 Å². The Morgan fingerprint density at radius 3 is 2.38 bits per heavy atom. The predicted octanol–water partition coefficient (Wildman–Crippen LogP) is 1.24. The topological polar surface area (TPSA) is 52.7 Å². The highest BCUT2D eigenvalue weighted by molar-refractivity contribution is 5.80. The zero-order chi connectivity index (χ0) is 15.5. The fourth-order valence-electron chi connectivity index (χ4n) is 3.14. The van der Waals surface area contributed by atoms with Gasteiger partial charge in [-0.15, -0.1) is 0 Å². The van der Waals surface area contributed by atoms with Crippen LogP contribution in [-0.4, -0.2) is 59.9 Å². The number of carbonyl (C=O) groups is 2. The van der Waals surface area contributed by atoms with Gasteiger partial charge in [0.1, 0.15) is 0 Å². The van der Waals surface area contributed by atoms with E-state index in [4.69, 9.17) is 0 Å². The van der Waals surface area contributed by atoms with Crippen LogP contribution in [0.15, 0.2) is 0 Å². The third-order valence-corrected chi connectivity index (χ3v) is 4.19. The standard InChI is InChI=1S/C16H29N3O2/c1-16(2,3)17-15(21)13-7-6-8-18(11-13)12-14(20)19-9-4-5-10-19/h13H,4-12H2,1-3H3,(H,17,21). The molecule has 2 fully saturated rings. The normalized spacial score (nSPS) is 24.1. The summed E-state index contributed by atoms with van der Waals surface area (Å²) in [6.07, 6.45) is 4.18. The number of nitrogens with one attached hydrogen (secondary N) is 1. The minimum absolute atomic E-state index is 0.0179. The van der Waals surface area contributed by atoms with Crippen molar-refractivity contribution < 1.29 is 9.59 Å². The Bertz CT molecular complexity index is 383. The highest BCUT2D eigenvalue weighted by Gasteiger charge is 2.29. The fourth-order valence-corrected chi connectivity index (χ4v) is 3.14. The third-order valence-electron chi connectivity index (χ3n) is 4.19. The van der Waals surface area contributed by atoms with Gasteiger partial charge in [-0.2, -0.15) is 0 Å². The number of amides is 2. The van der Waals surface area contributed by atoms with Gasteiger partial charge in [-0.25, -0.2) is 0 Å². The van der Waals surface area contributed by atoms with Crippen LogP contribution in [-0.2, 0) is 9.59 Å². The SMILES string of the molecule is CC(C)(C)NC(=O)C1CCCN(CC(=O)N2CCCC2)C1. The summed E-state index contributed by atoms with van der Waals surface area (Å²) in [7, 11) is 0. The summed E-state index contributed by atoms with van der Waals surface area (Å²) in [4.78, 5) is 28.6. The fraction of sp³-hybridized carbons (Fsp3) is 0.875. The molecule has 0 aromatic carbocycles. The highest BCUT2D eigenvalue weighted by Crippen LogP contribution is 2.18. The molecule has 0 bridgehead atoms. The molecule has 2 heterocycles. The van der Waals surface area contributed by atoms with Gasteiger partial charge in [0.25, 0.3) is 0 Å². The molecule has 5 heteroatoms. The van der Waals surface area contributed by atoms with Gasteiger partial charge in [-0.1, -0.05) is 0 Å². The van der Waals surface area contributed by atoms with Crippen LogP contribution in [0.2, 0.25) is 0 Å². The molecule has 120 valence electrons. The summed E-state index contributed by atoms with van der Waals surface area (Å²) in [5.74, 6) is 0.370. The van der Waals surface area contributed by atoms with Gasteiger partial charge >= 0.3 is 0 Å². The second-order valence-corrected chi connectivity index (χ2v) is 7.40. The quantitative estimate of drug-likeness (QED) is 0.852. The van der Waals surface area contributed by atoms with E-state index in [9.17, 15) is 9.59 Å². The van der Waals surface area contributed by atoms with Crippen LogP contribution in [0, 0.1) is 5.92 Å². The van der Waals surface area contributed by atoms with Crippen LogP contribution >= 0.6 is 0 Å². The van der Waals surface area contributed by atoms with E-state index in [0.717, 1.165) is 45.3 Å². The van der Waals surface area contributed by atoms with Crippen molar-refractivity contribution in [2.24, 2.45) is 5.92 Å². The first-order chi connectivity index (χ1) is 9.85. The number of likely N-dealkylation sites (tertiary alicyclic amines) is 2. The van der Waals surface area contributed by atoms with Gasteiger partial charge < -0.3 is 10.2 Å². The maximum atomic E-state index is 12.3. The minimum Gasteiger partial charge on any atom is -0.351 e. The van der Waals surface area contributed by atoms with Crippen LogP contribution in [0.3, 0.4) is 0 Å². The lowest BCUT2D eigenvalue weighted by molar-refractivity contribution is -0.134. The van der Waals surface area contributed by atoms with E-state index >= 15 is 0 Å². The molecule has 21 heavy (non-hydrogen) atoms. The van der Waals surface area contributed by atoms with Crippen LogP contribution < -0.4 is 5.32 Å². The van der Waals surface area contributed by atoms with Gasteiger partial charge in [-0.3, -0.25) is 14.5 Å². The van der Waals surface area contributed by atoms with Gasteiger partial charge in [-0.05, 0) is 53.0 Å². The van der Waals surface area contributed by atoms with Crippen molar-refractivity contribution in [2.45, 2.75) is 52.0 Å². The smallest absolute Gasteiger partial charge is 0.236 e. The van der Waals surface area contributed by atoms with Crippen molar-refractivity contribution in [2.75, 3.05) is 32.7 Å². The molecule has 5 nitrogen and oxygen atoms in total. The molecule has 0 aromatic rings. The van der Waals surface area contributed by atoms with Crippen molar-refractivity contribution >= 4 is 11.8 Å². The third kappa shape index (κ3) is 4.99. The Morgan fingerprint density at radius 1 is 1.10 bits per heavy atom. The van der Waals surface area contributed by atoms with Crippen molar-refractivity contribution in [3.63, 3.8) is 0 Å². The first kappa shape index (κ1) is 16.3. The number of carbonyl (C=O) groups excluding carboxylic acids is 2. The summed E-state index contributed by atoms with van der Waals surface area (Å²) in [6, 6.07) is 0. The molecule has 0 radical (unpaired) electrons. The lowest BCUT2D eigenvalue weighted by Crippen LogP contribution is -2.50. The summed E-state index contributed by atoms with van der Waals surface area (Å²) in [5, 5.41) is 3.06. The first-order valence-electron chi connectivity index (χ1n) is 8.17. The Hall–Kier alpha value is -1.10. The molecular formula is C16H29N3O2. The number of hydrogen-bond donors (Lipinski definition) is 1. The molecule has 2 amide bonds. The molecule has 0 aliphatic carbocycles. The van der Waals surface area contributed by atoms with E-state index in [2.05, 4.69) is 10.2 Å². The summed E-state index contributed by atoms with van der Waals surface area (Å²) < 4.78 is 0. The summed E-state index contributed by atoms with van der Waals surface area (Å²) in [6.45, 7) is 9.92. The second kappa shape index (κ2) is 6.77. The number of piperidine rings is 1. The van der Waals surface area contributed by atoms with E-state index in [-0.39, 0.29) is 23.3 Å². The van der Waals surface area contributed by atoms with Crippen molar-refractivity contribution in [3.8, 4) is 0 Å². The van der Waals surface area contributed by atoms with Gasteiger partial charge in [0.2, 0.25) is 11.8 Å². The zero-order valence-corrected chi connectivity index (χ0v) is 13.7. The van der Waals surface area contributed by atoms with E-state index in [1.165, 1.54) is 0 Å². The number of nitrogens with zero attached hydrogens (tertiary/aromatic N) is 2. The van der Waals surface area contributed by atoms with Crippen molar-refractivity contribution in [3.05, 3.63) is 0 Å². The van der Waals surface area contributed by atoms with Crippen LogP contribution in [0.5, 0.6) is 0 Å². The minimum atomic E-state index is -0.190. The first-order valence-corrected chi connectivity index (χ1v) is 8.17. The Morgan fingerprint density at radius 2 is 1.76 bits per heavy atom. The van der Waals surface area contributed by atoms with Gasteiger partial charge in [0, 0.05) is 25.2 Å². The predicted molar refractivity (Wildman–Crippen MR) is 82.9 cm³/mol. The highest BCUT2D eigenvalue weighted by atomic mass is 16.2. The number of rotatable bonds is 3. The maximum absolute atomic E-state index is 12.3. The number of hydrogen-bond acceptors (Lipinski definition) is 3. The monoisotopic (exact) mass is 295 g/mol. The molecule has 1 unspecified atom stereocenters. The van der Waals surface area contributed by atoms with E-state index in [1.54, 1.807) is 0 Å². The molecule has 2 aliphatic heterocycles. The molecule has 1 atom stereocenters. The molecule has 2 aliphatic rings. The molecule has 1 N–H and O–H groups in total. The lowest BCUT2D eigenvalue weighted by atomic mass is 9.95. The zero-order valence-electron chi connectivity index (χ0n) is 13.7. The van der Waals surface area contributed by atoms with Crippen LogP contribution in [0.4, 0.5) is 0 Å². The summed E-state index contributed by atoms with van der Waals surface area (Å²) in [5.41, 5.74) is -0.190. The van der Waals surface area contributed by atoms with Gasteiger partial charge in [0.15, 0.2) is 0 Å².